The van der Waals surface area contributed by atoms with Crippen LogP contribution in [0.1, 0.15) is 438 Å². The van der Waals surface area contributed by atoms with Crippen LogP contribution in [-0.2, 0) is 14.3 Å². The van der Waals surface area contributed by atoms with Crippen molar-refractivity contribution in [3.05, 3.63) is 36.5 Å². The fourth-order valence-corrected chi connectivity index (χ4v) is 12.4. The molecule has 6 nitrogen and oxygen atoms in total. The summed E-state index contributed by atoms with van der Waals surface area (Å²) < 4.78 is 5.50. The first-order valence-electron chi connectivity index (χ1n) is 39.3. The van der Waals surface area contributed by atoms with Crippen LogP contribution in [0.3, 0.4) is 0 Å². The third kappa shape index (κ3) is 71.2. The Morgan fingerprint density at radius 3 is 0.826 bits per heavy atom. The van der Waals surface area contributed by atoms with Gasteiger partial charge in [-0.2, -0.15) is 0 Å². The maximum Gasteiger partial charge on any atom is 0.305 e. The zero-order valence-electron chi connectivity index (χ0n) is 58.3. The monoisotopic (exact) mass is 1210 g/mol. The minimum atomic E-state index is -0.844. The molecule has 0 spiro atoms. The summed E-state index contributed by atoms with van der Waals surface area (Å²) in [7, 11) is 0. The predicted octanol–water partition coefficient (Wildman–Crippen LogP) is 25.8. The predicted molar refractivity (Wildman–Crippen MR) is 379 cm³/mol. The van der Waals surface area contributed by atoms with Gasteiger partial charge in [-0.15, -0.1) is 0 Å². The van der Waals surface area contributed by atoms with Gasteiger partial charge in [0.05, 0.1) is 25.4 Å². The average molecular weight is 1210 g/mol. The molecule has 1 amide bonds. The normalized spacial score (nSPS) is 12.7. The van der Waals surface area contributed by atoms with Gasteiger partial charge in [0.15, 0.2) is 0 Å². The highest BCUT2D eigenvalue weighted by Crippen LogP contribution is 2.19. The summed E-state index contributed by atoms with van der Waals surface area (Å²) in [5.41, 5.74) is 0. The Morgan fingerprint density at radius 2 is 0.547 bits per heavy atom. The molecule has 0 radical (unpaired) electrons. The number of aliphatic hydroxyl groups is 2. The summed E-state index contributed by atoms with van der Waals surface area (Å²) in [6, 6.07) is -0.627. The first-order valence-corrected chi connectivity index (χ1v) is 39.3. The van der Waals surface area contributed by atoms with E-state index in [1.165, 1.54) is 366 Å². The smallest absolute Gasteiger partial charge is 0.305 e. The second-order valence-corrected chi connectivity index (χ2v) is 27.0. The minimum absolute atomic E-state index is 0.0107. The quantitative estimate of drug-likeness (QED) is 0.0320. The Balaban J connectivity index is 3.38. The van der Waals surface area contributed by atoms with Crippen LogP contribution < -0.4 is 5.32 Å². The Labute approximate surface area is 538 Å². The number of nitrogens with one attached hydrogen (secondary N) is 1. The Bertz CT molecular complexity index is 1390. The highest BCUT2D eigenvalue weighted by molar-refractivity contribution is 5.76. The van der Waals surface area contributed by atoms with E-state index in [1.54, 1.807) is 6.08 Å². The van der Waals surface area contributed by atoms with Gasteiger partial charge >= 0.3 is 5.97 Å². The molecule has 0 saturated heterocycles. The number of hydrogen-bond acceptors (Lipinski definition) is 5. The van der Waals surface area contributed by atoms with E-state index in [0.29, 0.717) is 19.4 Å². The van der Waals surface area contributed by atoms with E-state index in [1.807, 2.05) is 6.08 Å². The molecule has 0 aromatic rings. The lowest BCUT2D eigenvalue weighted by Crippen LogP contribution is -2.45. The molecule has 0 aliphatic heterocycles. The number of amides is 1. The lowest BCUT2D eigenvalue weighted by molar-refractivity contribution is -0.143. The highest BCUT2D eigenvalue weighted by atomic mass is 16.5. The number of allylic oxidation sites excluding steroid dienone is 5. The summed E-state index contributed by atoms with van der Waals surface area (Å²) in [6.45, 7) is 4.94. The van der Waals surface area contributed by atoms with Gasteiger partial charge in [0, 0.05) is 12.8 Å². The standard InChI is InChI=1S/C80H153NO5/c1-3-5-7-9-11-13-15-17-19-20-21-22-35-38-41-45-48-52-56-60-64-68-72-78(83)77(76-82)81-79(84)73-69-65-61-57-53-49-46-42-39-36-33-31-29-27-25-23-24-26-28-30-32-34-37-40-43-47-51-55-59-63-67-71-75-86-80(85)74-70-66-62-58-54-50-44-18-16-14-12-10-8-6-4-2/h18,26,28,44,68,72,77-78,82-83H,3-17,19-25,27,29-43,45-67,69-71,73-76H2,1-2H3,(H,81,84)/b28-26-,44-18-,72-68+. The summed E-state index contributed by atoms with van der Waals surface area (Å²) >= 11 is 0. The molecule has 0 aromatic heterocycles. The van der Waals surface area contributed by atoms with Crippen molar-refractivity contribution in [2.45, 2.75) is 450 Å². The molecule has 0 rings (SSSR count). The van der Waals surface area contributed by atoms with Gasteiger partial charge < -0.3 is 20.3 Å². The van der Waals surface area contributed by atoms with Crippen LogP contribution in [0.25, 0.3) is 0 Å². The molecule has 6 heteroatoms. The molecule has 0 saturated carbocycles. The molecular weight excluding hydrogens is 1050 g/mol. The summed E-state index contributed by atoms with van der Waals surface area (Å²) in [5, 5.41) is 23.3. The lowest BCUT2D eigenvalue weighted by Gasteiger charge is -2.20. The second-order valence-electron chi connectivity index (χ2n) is 27.0. The Morgan fingerprint density at radius 1 is 0.314 bits per heavy atom. The van der Waals surface area contributed by atoms with E-state index >= 15 is 0 Å². The maximum absolute atomic E-state index is 12.5. The molecule has 0 aliphatic carbocycles. The van der Waals surface area contributed by atoms with Crippen molar-refractivity contribution < 1.29 is 24.5 Å². The topological polar surface area (TPSA) is 95.9 Å². The Kier molecular flexibility index (Phi) is 73.9. The number of esters is 1. The van der Waals surface area contributed by atoms with Crippen LogP contribution in [0.15, 0.2) is 36.5 Å². The van der Waals surface area contributed by atoms with E-state index in [9.17, 15) is 19.8 Å². The van der Waals surface area contributed by atoms with E-state index in [4.69, 9.17) is 4.74 Å². The van der Waals surface area contributed by atoms with Crippen molar-refractivity contribution in [2.24, 2.45) is 0 Å². The molecule has 2 atom stereocenters. The van der Waals surface area contributed by atoms with Crippen LogP contribution in [0.4, 0.5) is 0 Å². The van der Waals surface area contributed by atoms with Crippen LogP contribution in [0.2, 0.25) is 0 Å². The number of aliphatic hydroxyl groups excluding tert-OH is 2. The third-order valence-electron chi connectivity index (χ3n) is 18.4. The third-order valence-corrected chi connectivity index (χ3v) is 18.4. The first-order chi connectivity index (χ1) is 42.5. The van der Waals surface area contributed by atoms with Crippen LogP contribution in [-0.4, -0.2) is 47.4 Å². The van der Waals surface area contributed by atoms with Gasteiger partial charge in [-0.25, -0.2) is 0 Å². The second kappa shape index (κ2) is 75.5. The Hall–Kier alpha value is -1.92. The molecule has 86 heavy (non-hydrogen) atoms. The van der Waals surface area contributed by atoms with Crippen molar-refractivity contribution in [1.29, 1.82) is 0 Å². The van der Waals surface area contributed by atoms with Gasteiger partial charge in [-0.1, -0.05) is 378 Å². The van der Waals surface area contributed by atoms with Crippen molar-refractivity contribution in [2.75, 3.05) is 13.2 Å². The zero-order chi connectivity index (χ0) is 62.0. The molecule has 3 N–H and O–H groups in total. The molecular formula is C80H153NO5. The molecule has 0 aliphatic rings. The van der Waals surface area contributed by atoms with E-state index in [2.05, 4.69) is 43.5 Å². The summed E-state index contributed by atoms with van der Waals surface area (Å²) in [4.78, 5) is 24.6. The van der Waals surface area contributed by atoms with Gasteiger partial charge in [0.25, 0.3) is 0 Å². The van der Waals surface area contributed by atoms with Crippen molar-refractivity contribution in [3.8, 4) is 0 Å². The molecule has 0 bridgehead atoms. The molecule has 0 fully saturated rings. The molecule has 0 aromatic carbocycles. The first kappa shape index (κ1) is 84.1. The van der Waals surface area contributed by atoms with Crippen LogP contribution >= 0.6 is 0 Å². The minimum Gasteiger partial charge on any atom is -0.466 e. The molecule has 0 heterocycles. The van der Waals surface area contributed by atoms with Gasteiger partial charge in [0.2, 0.25) is 5.91 Å². The van der Waals surface area contributed by atoms with Gasteiger partial charge in [-0.05, 0) is 83.5 Å². The van der Waals surface area contributed by atoms with Crippen molar-refractivity contribution in [3.63, 3.8) is 0 Å². The van der Waals surface area contributed by atoms with Gasteiger partial charge in [-0.3, -0.25) is 9.59 Å². The fourth-order valence-electron chi connectivity index (χ4n) is 12.4. The van der Waals surface area contributed by atoms with E-state index in [-0.39, 0.29) is 18.5 Å². The van der Waals surface area contributed by atoms with Crippen molar-refractivity contribution >= 4 is 11.9 Å². The number of unbranched alkanes of at least 4 members (excludes halogenated alkanes) is 59. The van der Waals surface area contributed by atoms with Crippen LogP contribution in [0.5, 0.6) is 0 Å². The molecule has 2 unspecified atom stereocenters. The van der Waals surface area contributed by atoms with Crippen molar-refractivity contribution in [1.82, 2.24) is 5.32 Å². The summed E-state index contributed by atoms with van der Waals surface area (Å²) in [5.74, 6) is -0.0501. The zero-order valence-corrected chi connectivity index (χ0v) is 58.3. The summed E-state index contributed by atoms with van der Waals surface area (Å²) in [6.07, 6.45) is 98.3. The van der Waals surface area contributed by atoms with Gasteiger partial charge in [0.1, 0.15) is 0 Å². The average Bonchev–Trinajstić information content (AvgIpc) is 3.54. The highest BCUT2D eigenvalue weighted by Gasteiger charge is 2.18. The number of hydrogen-bond donors (Lipinski definition) is 3. The largest absolute Gasteiger partial charge is 0.466 e. The number of ether oxygens (including phenoxy) is 1. The number of carbonyl (C=O) groups is 2. The van der Waals surface area contributed by atoms with Crippen LogP contribution in [0, 0.1) is 0 Å². The lowest BCUT2D eigenvalue weighted by atomic mass is 10.0. The SMILES string of the molecule is CCCCCCCC/C=C\CCCCCCCC(=O)OCCCCCCCCCCCCCC/C=C\CCCCCCCCCCCCCCCCCCC(=O)NC(CO)C(O)/C=C/CCCCCCCCCCCCCCCCCCCCCC. The van der Waals surface area contributed by atoms with E-state index in [0.717, 1.165) is 44.9 Å². The molecule has 508 valence electrons. The number of rotatable bonds is 74. The number of carbonyl (C=O) groups excluding carboxylic acids is 2. The van der Waals surface area contributed by atoms with E-state index < -0.39 is 12.1 Å². The maximum atomic E-state index is 12.5. The fraction of sp³-hybridized carbons (Fsp3) is 0.900.